The molecule has 1 fully saturated rings. The molecule has 1 aromatic carbocycles. The number of aliphatic carboxylic acids is 1. The Morgan fingerprint density at radius 2 is 2.05 bits per heavy atom. The van der Waals surface area contributed by atoms with Crippen molar-refractivity contribution in [1.82, 2.24) is 9.80 Å². The number of rotatable bonds is 5. The van der Waals surface area contributed by atoms with E-state index in [1.54, 1.807) is 24.1 Å². The van der Waals surface area contributed by atoms with Crippen molar-refractivity contribution in [2.45, 2.75) is 13.0 Å². The smallest absolute Gasteiger partial charge is 0.307 e. The molecule has 21 heavy (non-hydrogen) atoms. The van der Waals surface area contributed by atoms with Gasteiger partial charge in [-0.15, -0.1) is 0 Å². The molecule has 1 amide bonds. The van der Waals surface area contributed by atoms with Crippen LogP contribution < -0.4 is 0 Å². The van der Waals surface area contributed by atoms with Crippen molar-refractivity contribution >= 4 is 11.9 Å². The lowest BCUT2D eigenvalue weighted by Gasteiger charge is -2.21. The molecule has 114 valence electrons. The fraction of sp³-hybridized carbons (Fsp3) is 0.467. The number of carboxylic acid groups (broad SMARTS) is 1. The van der Waals surface area contributed by atoms with Crippen LogP contribution in [0.1, 0.15) is 12.0 Å². The number of likely N-dealkylation sites (N-methyl/N-ethyl adjacent to an activating group) is 1. The number of hydrogen-bond donors (Lipinski definition) is 1. The summed E-state index contributed by atoms with van der Waals surface area (Å²) in [6, 6.07) is 6.03. The maximum Gasteiger partial charge on any atom is 0.307 e. The number of benzene rings is 1. The number of hydrogen-bond acceptors (Lipinski definition) is 3. The Morgan fingerprint density at radius 1 is 1.38 bits per heavy atom. The van der Waals surface area contributed by atoms with Crippen LogP contribution in [0, 0.1) is 11.7 Å². The molecule has 1 aliphatic rings. The highest BCUT2D eigenvalue weighted by molar-refractivity contribution is 5.78. The average molecular weight is 294 g/mol. The molecular formula is C15H19FN2O3. The first-order chi connectivity index (χ1) is 9.95. The second-order valence-electron chi connectivity index (χ2n) is 5.44. The molecule has 1 heterocycles. The number of carboxylic acids is 1. The monoisotopic (exact) mass is 294 g/mol. The van der Waals surface area contributed by atoms with Crippen molar-refractivity contribution < 1.29 is 19.1 Å². The number of likely N-dealkylation sites (tertiary alicyclic amines) is 1. The third kappa shape index (κ3) is 4.26. The van der Waals surface area contributed by atoms with E-state index in [4.69, 9.17) is 5.11 Å². The highest BCUT2D eigenvalue weighted by atomic mass is 19.1. The molecule has 0 aliphatic carbocycles. The normalized spacial score (nSPS) is 18.7. The van der Waals surface area contributed by atoms with Gasteiger partial charge in [-0.2, -0.15) is 0 Å². The van der Waals surface area contributed by atoms with Crippen LogP contribution in [0.2, 0.25) is 0 Å². The van der Waals surface area contributed by atoms with E-state index < -0.39 is 5.97 Å². The molecule has 0 radical (unpaired) electrons. The summed E-state index contributed by atoms with van der Waals surface area (Å²) in [7, 11) is 1.69. The summed E-state index contributed by atoms with van der Waals surface area (Å²) >= 11 is 0. The Bertz CT molecular complexity index is 518. The summed E-state index contributed by atoms with van der Waals surface area (Å²) in [5, 5.41) is 8.94. The van der Waals surface area contributed by atoms with Gasteiger partial charge in [0, 0.05) is 20.1 Å². The molecule has 1 aromatic rings. The highest BCUT2D eigenvalue weighted by Gasteiger charge is 2.29. The van der Waals surface area contributed by atoms with Crippen molar-refractivity contribution in [3.05, 3.63) is 35.6 Å². The van der Waals surface area contributed by atoms with Gasteiger partial charge in [0.1, 0.15) is 5.82 Å². The maximum absolute atomic E-state index is 12.8. The van der Waals surface area contributed by atoms with Gasteiger partial charge in [0.2, 0.25) is 5.91 Å². The summed E-state index contributed by atoms with van der Waals surface area (Å²) in [6.07, 6.45) is 0.588. The predicted molar refractivity (Wildman–Crippen MR) is 75.1 cm³/mol. The van der Waals surface area contributed by atoms with Crippen LogP contribution in [0.5, 0.6) is 0 Å². The number of nitrogens with zero attached hydrogens (tertiary/aromatic N) is 2. The average Bonchev–Trinajstić information content (AvgIpc) is 2.90. The van der Waals surface area contributed by atoms with E-state index in [9.17, 15) is 14.0 Å². The van der Waals surface area contributed by atoms with E-state index >= 15 is 0 Å². The molecule has 2 rings (SSSR count). The van der Waals surface area contributed by atoms with Gasteiger partial charge >= 0.3 is 5.97 Å². The first kappa shape index (κ1) is 15.4. The molecule has 1 N–H and O–H groups in total. The van der Waals surface area contributed by atoms with Crippen LogP contribution in [0.25, 0.3) is 0 Å². The zero-order valence-corrected chi connectivity index (χ0v) is 12.0. The van der Waals surface area contributed by atoms with Gasteiger partial charge in [-0.1, -0.05) is 12.1 Å². The first-order valence-electron chi connectivity index (χ1n) is 6.89. The second-order valence-corrected chi connectivity index (χ2v) is 5.44. The number of amides is 1. The van der Waals surface area contributed by atoms with Crippen LogP contribution in [0.15, 0.2) is 24.3 Å². The summed E-state index contributed by atoms with van der Waals surface area (Å²) in [4.78, 5) is 26.4. The molecule has 1 aliphatic heterocycles. The second kappa shape index (κ2) is 6.67. The zero-order chi connectivity index (χ0) is 15.4. The Hall–Kier alpha value is -1.95. The Morgan fingerprint density at radius 3 is 2.62 bits per heavy atom. The van der Waals surface area contributed by atoms with Crippen LogP contribution in [0.4, 0.5) is 4.39 Å². The molecule has 0 bridgehead atoms. The van der Waals surface area contributed by atoms with Gasteiger partial charge in [0.05, 0.1) is 12.5 Å². The quantitative estimate of drug-likeness (QED) is 0.886. The van der Waals surface area contributed by atoms with Gasteiger partial charge in [-0.3, -0.25) is 14.5 Å². The van der Waals surface area contributed by atoms with Gasteiger partial charge in [0.25, 0.3) is 0 Å². The number of carbonyl (C=O) groups is 2. The molecule has 0 aromatic heterocycles. The van der Waals surface area contributed by atoms with Crippen LogP contribution in [-0.4, -0.2) is 53.5 Å². The Labute approximate surface area is 123 Å². The van der Waals surface area contributed by atoms with E-state index in [-0.39, 0.29) is 24.2 Å². The minimum atomic E-state index is -0.801. The van der Waals surface area contributed by atoms with Crippen molar-refractivity contribution in [2.24, 2.45) is 5.92 Å². The van der Waals surface area contributed by atoms with Crippen molar-refractivity contribution in [3.8, 4) is 0 Å². The minimum Gasteiger partial charge on any atom is -0.481 e. The van der Waals surface area contributed by atoms with Gasteiger partial charge in [0.15, 0.2) is 0 Å². The number of halogens is 1. The number of carbonyl (C=O) groups excluding carboxylic acids is 1. The summed E-state index contributed by atoms with van der Waals surface area (Å²) in [5.41, 5.74) is 0.858. The molecule has 0 spiro atoms. The molecule has 5 nitrogen and oxygen atoms in total. The lowest BCUT2D eigenvalue weighted by atomic mass is 10.1. The topological polar surface area (TPSA) is 60.9 Å². The molecule has 0 saturated carbocycles. The SMILES string of the molecule is CN(Cc1ccc(F)cc1)C(=O)CN1CCC(C(=O)O)C1. The van der Waals surface area contributed by atoms with Gasteiger partial charge in [-0.25, -0.2) is 4.39 Å². The third-order valence-corrected chi connectivity index (χ3v) is 3.74. The van der Waals surface area contributed by atoms with Crippen molar-refractivity contribution in [1.29, 1.82) is 0 Å². The highest BCUT2D eigenvalue weighted by Crippen LogP contribution is 2.16. The van der Waals surface area contributed by atoms with Crippen LogP contribution >= 0.6 is 0 Å². The van der Waals surface area contributed by atoms with E-state index in [1.807, 2.05) is 4.90 Å². The summed E-state index contributed by atoms with van der Waals surface area (Å²) < 4.78 is 12.8. The van der Waals surface area contributed by atoms with E-state index in [2.05, 4.69) is 0 Å². The van der Waals surface area contributed by atoms with E-state index in [0.717, 1.165) is 5.56 Å². The van der Waals surface area contributed by atoms with E-state index in [1.165, 1.54) is 12.1 Å². The van der Waals surface area contributed by atoms with Crippen LogP contribution in [0.3, 0.4) is 0 Å². The molecule has 6 heteroatoms. The van der Waals surface area contributed by atoms with Crippen molar-refractivity contribution in [3.63, 3.8) is 0 Å². The fourth-order valence-corrected chi connectivity index (χ4v) is 2.44. The Kier molecular flexibility index (Phi) is 4.90. The lowest BCUT2D eigenvalue weighted by Crippen LogP contribution is -2.37. The molecule has 1 saturated heterocycles. The minimum absolute atomic E-state index is 0.0645. The van der Waals surface area contributed by atoms with Crippen molar-refractivity contribution in [2.75, 3.05) is 26.7 Å². The first-order valence-corrected chi connectivity index (χ1v) is 6.89. The maximum atomic E-state index is 12.8. The summed E-state index contributed by atoms with van der Waals surface area (Å²) in [6.45, 7) is 1.69. The van der Waals surface area contributed by atoms with Gasteiger partial charge in [-0.05, 0) is 30.7 Å². The molecule has 1 unspecified atom stereocenters. The fourth-order valence-electron chi connectivity index (χ4n) is 2.44. The molecular weight excluding hydrogens is 275 g/mol. The Balaban J connectivity index is 1.83. The van der Waals surface area contributed by atoms with Crippen LogP contribution in [-0.2, 0) is 16.1 Å². The van der Waals surface area contributed by atoms with E-state index in [0.29, 0.717) is 26.1 Å². The summed E-state index contributed by atoms with van der Waals surface area (Å²) in [5.74, 6) is -1.54. The lowest BCUT2D eigenvalue weighted by molar-refractivity contribution is -0.141. The zero-order valence-electron chi connectivity index (χ0n) is 12.0. The standard InChI is InChI=1S/C15H19FN2O3/c1-17(8-11-2-4-13(16)5-3-11)14(19)10-18-7-6-12(9-18)15(20)21/h2-5,12H,6-10H2,1H3,(H,20,21). The predicted octanol–water partition coefficient (Wildman–Crippen LogP) is 1.19. The third-order valence-electron chi connectivity index (χ3n) is 3.74. The molecule has 1 atom stereocenters. The van der Waals surface area contributed by atoms with Gasteiger partial charge < -0.3 is 10.0 Å². The largest absolute Gasteiger partial charge is 0.481 e.